The molecule has 0 spiro atoms. The molecule has 0 aliphatic rings. The highest BCUT2D eigenvalue weighted by Crippen LogP contribution is 2.12. The van der Waals surface area contributed by atoms with Crippen LogP contribution in [0.3, 0.4) is 0 Å². The first-order valence-electron chi connectivity index (χ1n) is 4.90. The van der Waals surface area contributed by atoms with Crippen LogP contribution >= 0.6 is 8.58 Å². The molecule has 5 heteroatoms. The van der Waals surface area contributed by atoms with Crippen LogP contribution in [-0.2, 0) is 10.1 Å². The molecule has 15 heavy (non-hydrogen) atoms. The first-order chi connectivity index (χ1) is 7.08. The lowest BCUT2D eigenvalue weighted by molar-refractivity contribution is 0.461. The first-order valence-corrected chi connectivity index (χ1v) is 7.87. The molecule has 0 bridgehead atoms. The molecule has 1 aromatic rings. The van der Waals surface area contributed by atoms with Gasteiger partial charge in [-0.05, 0) is 25.0 Å². The third-order valence-corrected chi connectivity index (χ3v) is 4.37. The van der Waals surface area contributed by atoms with Crippen LogP contribution in [0.25, 0.3) is 0 Å². The molecule has 84 valence electrons. The van der Waals surface area contributed by atoms with Crippen molar-refractivity contribution in [1.82, 2.24) is 0 Å². The van der Waals surface area contributed by atoms with Gasteiger partial charge in [0.05, 0.1) is 21.6 Å². The maximum absolute atomic E-state index is 10.3. The van der Waals surface area contributed by atoms with Gasteiger partial charge < -0.3 is 4.55 Å². The Morgan fingerprint density at radius 3 is 2.40 bits per heavy atom. The van der Waals surface area contributed by atoms with E-state index in [1.54, 1.807) is 0 Å². The van der Waals surface area contributed by atoms with Gasteiger partial charge in [-0.15, -0.1) is 0 Å². The second-order valence-electron chi connectivity index (χ2n) is 3.37. The molecule has 0 aliphatic carbocycles. The topological polar surface area (TPSA) is 57.2 Å². The largest absolute Gasteiger partial charge is 0.748 e. The summed E-state index contributed by atoms with van der Waals surface area (Å²) in [6, 6.07) is 10.2. The fraction of sp³-hybridized carbons (Fsp3) is 0.400. The van der Waals surface area contributed by atoms with Gasteiger partial charge in [-0.2, -0.15) is 0 Å². The van der Waals surface area contributed by atoms with Gasteiger partial charge in [0, 0.05) is 14.3 Å². The van der Waals surface area contributed by atoms with Crippen molar-refractivity contribution in [2.45, 2.75) is 12.8 Å². The molecule has 1 aromatic carbocycles. The van der Waals surface area contributed by atoms with Crippen molar-refractivity contribution in [3.05, 3.63) is 30.3 Å². The molecule has 0 N–H and O–H groups in total. The predicted octanol–water partition coefficient (Wildman–Crippen LogP) is 1.05. The van der Waals surface area contributed by atoms with Crippen LogP contribution in [-0.4, -0.2) is 24.9 Å². The molecule has 0 saturated carbocycles. The van der Waals surface area contributed by atoms with Gasteiger partial charge in [0.15, 0.2) is 0 Å². The normalized spacial score (nSPS) is 12.3. The van der Waals surface area contributed by atoms with Crippen LogP contribution in [0.4, 0.5) is 0 Å². The van der Waals surface area contributed by atoms with Crippen molar-refractivity contribution in [2.75, 3.05) is 11.9 Å². The molecule has 0 fully saturated rings. The zero-order valence-corrected chi connectivity index (χ0v) is 10.4. The van der Waals surface area contributed by atoms with Gasteiger partial charge in [0.1, 0.15) is 0 Å². The van der Waals surface area contributed by atoms with Crippen molar-refractivity contribution in [1.29, 1.82) is 0 Å². The molecular weight excluding hydrogens is 231 g/mol. The van der Waals surface area contributed by atoms with E-state index in [9.17, 15) is 13.0 Å². The van der Waals surface area contributed by atoms with Crippen LogP contribution in [0.1, 0.15) is 12.8 Å². The highest BCUT2D eigenvalue weighted by molar-refractivity contribution is 7.85. The average molecular weight is 246 g/mol. The zero-order chi connectivity index (χ0) is 11.1. The summed E-state index contributed by atoms with van der Waals surface area (Å²) in [5, 5.41) is 1.34. The smallest absolute Gasteiger partial charge is 0.0945 e. The van der Waals surface area contributed by atoms with Crippen molar-refractivity contribution in [2.24, 2.45) is 0 Å². The first kappa shape index (κ1) is 12.6. The molecule has 1 atom stereocenters. The van der Waals surface area contributed by atoms with Crippen LogP contribution in [0.2, 0.25) is 0 Å². The maximum atomic E-state index is 10.3. The van der Waals surface area contributed by atoms with E-state index in [1.807, 2.05) is 18.2 Å². The number of unbranched alkanes of at least 4 members (excludes halogenated alkanes) is 1. The van der Waals surface area contributed by atoms with E-state index in [-0.39, 0.29) is 14.3 Å². The Morgan fingerprint density at radius 2 is 1.80 bits per heavy atom. The van der Waals surface area contributed by atoms with Gasteiger partial charge in [0.2, 0.25) is 0 Å². The minimum Gasteiger partial charge on any atom is -0.748 e. The Kier molecular flexibility index (Phi) is 5.23. The predicted molar refractivity (Wildman–Crippen MR) is 64.5 cm³/mol. The van der Waals surface area contributed by atoms with Crippen LogP contribution in [0.5, 0.6) is 0 Å². The molecule has 0 aromatic heterocycles. The number of hydrogen-bond donors (Lipinski definition) is 0. The maximum Gasteiger partial charge on any atom is 0.0945 e. The van der Waals surface area contributed by atoms with E-state index in [0.717, 1.165) is 12.6 Å². The van der Waals surface area contributed by atoms with Gasteiger partial charge in [0.25, 0.3) is 0 Å². The Balaban J connectivity index is 2.13. The van der Waals surface area contributed by atoms with Crippen molar-refractivity contribution < 1.29 is 13.0 Å². The number of rotatable bonds is 6. The van der Waals surface area contributed by atoms with Crippen molar-refractivity contribution in [3.63, 3.8) is 0 Å². The lowest BCUT2D eigenvalue weighted by Gasteiger charge is -2.04. The summed E-state index contributed by atoms with van der Waals surface area (Å²) in [4.78, 5) is 0. The highest BCUT2D eigenvalue weighted by atomic mass is 32.2. The Bertz CT molecular complexity index is 375. The van der Waals surface area contributed by atoms with E-state index in [1.165, 1.54) is 5.30 Å². The molecule has 0 aliphatic heterocycles. The van der Waals surface area contributed by atoms with E-state index in [4.69, 9.17) is 0 Å². The molecule has 1 rings (SSSR count). The summed E-state index contributed by atoms with van der Waals surface area (Å²) >= 11 is 0. The average Bonchev–Trinajstić information content (AvgIpc) is 2.17. The van der Waals surface area contributed by atoms with Crippen molar-refractivity contribution >= 4 is 24.0 Å². The summed E-state index contributed by atoms with van der Waals surface area (Å²) in [6.07, 6.45) is 2.33. The Hall–Kier alpha value is -0.440. The minimum atomic E-state index is -4.01. The second-order valence-corrected chi connectivity index (χ2v) is 6.55. The Labute approximate surface area is 92.4 Å². The third kappa shape index (κ3) is 6.61. The monoisotopic (exact) mass is 246 g/mol. The van der Waals surface area contributed by atoms with Gasteiger partial charge in [-0.25, -0.2) is 8.42 Å². The van der Waals surface area contributed by atoms with E-state index in [2.05, 4.69) is 12.1 Å². The highest BCUT2D eigenvalue weighted by Gasteiger charge is 2.00. The van der Waals surface area contributed by atoms with E-state index in [0.29, 0.717) is 6.42 Å². The van der Waals surface area contributed by atoms with E-state index < -0.39 is 10.1 Å². The number of benzene rings is 1. The molecule has 0 heterocycles. The molecule has 3 nitrogen and oxygen atoms in total. The molecule has 0 amide bonds. The van der Waals surface area contributed by atoms with Gasteiger partial charge >= 0.3 is 0 Å². The fourth-order valence-corrected chi connectivity index (χ4v) is 3.16. The lowest BCUT2D eigenvalue weighted by atomic mass is 10.4. The molecule has 0 radical (unpaired) electrons. The SMILES string of the molecule is O=S(=O)([O-])CCCC[PH2+]c1ccccc1. The summed E-state index contributed by atoms with van der Waals surface area (Å²) in [5.74, 6) is -0.221. The van der Waals surface area contributed by atoms with Crippen LogP contribution < -0.4 is 5.30 Å². The summed E-state index contributed by atoms with van der Waals surface area (Å²) in [7, 11) is -3.80. The van der Waals surface area contributed by atoms with Gasteiger partial charge in [-0.3, -0.25) is 0 Å². The van der Waals surface area contributed by atoms with Crippen LogP contribution in [0.15, 0.2) is 30.3 Å². The van der Waals surface area contributed by atoms with E-state index >= 15 is 0 Å². The Morgan fingerprint density at radius 1 is 1.13 bits per heavy atom. The number of hydrogen-bond acceptors (Lipinski definition) is 3. The molecule has 0 saturated heterocycles. The fourth-order valence-electron chi connectivity index (χ4n) is 1.28. The van der Waals surface area contributed by atoms with Gasteiger partial charge in [-0.1, -0.05) is 18.2 Å². The lowest BCUT2D eigenvalue weighted by Crippen LogP contribution is -2.04. The summed E-state index contributed by atoms with van der Waals surface area (Å²) in [6.45, 7) is 0. The molecular formula is C10H15O3PS. The van der Waals surface area contributed by atoms with Crippen molar-refractivity contribution in [3.8, 4) is 0 Å². The zero-order valence-electron chi connectivity index (χ0n) is 8.43. The summed E-state index contributed by atoms with van der Waals surface area (Å²) < 4.78 is 30.9. The summed E-state index contributed by atoms with van der Waals surface area (Å²) in [5.41, 5.74) is 0. The standard InChI is InChI=1S/C10H15O3PS/c11-15(12,13)9-5-4-8-14-10-6-2-1-3-7-10/h1-3,6-7,14H,4-5,8-9H2,(H,11,12,13). The minimum absolute atomic E-state index is 0.214. The second kappa shape index (κ2) is 6.21. The quantitative estimate of drug-likeness (QED) is 0.428. The van der Waals surface area contributed by atoms with Crippen LogP contribution in [0, 0.1) is 0 Å². The molecule has 1 unspecified atom stereocenters. The third-order valence-electron chi connectivity index (χ3n) is 2.03.